The number of aromatic carboxylic acids is 1. The molecule has 1 aromatic heterocycles. The molecule has 0 aliphatic heterocycles. The van der Waals surface area contributed by atoms with E-state index in [0.717, 1.165) is 6.20 Å². The molecule has 0 amide bonds. The maximum Gasteiger partial charge on any atom is 0.337 e. The van der Waals surface area contributed by atoms with Gasteiger partial charge in [-0.15, -0.1) is 0 Å². The Morgan fingerprint density at radius 1 is 1.17 bits per heavy atom. The fourth-order valence-electron chi connectivity index (χ4n) is 2.88. The van der Waals surface area contributed by atoms with Crippen LogP contribution in [0.2, 0.25) is 0 Å². The summed E-state index contributed by atoms with van der Waals surface area (Å²) in [4.78, 5) is 21.0. The van der Waals surface area contributed by atoms with Gasteiger partial charge in [-0.3, -0.25) is 4.99 Å². The fourth-order valence-corrected chi connectivity index (χ4v) is 2.88. The highest BCUT2D eigenvalue weighted by Crippen LogP contribution is 2.35. The van der Waals surface area contributed by atoms with Crippen LogP contribution in [0.25, 0.3) is 28.0 Å². The number of aromatic amines is 1. The van der Waals surface area contributed by atoms with Gasteiger partial charge in [0.2, 0.25) is 0 Å². The molecule has 3 aromatic rings. The minimum absolute atomic E-state index is 0.107. The molecule has 0 saturated heterocycles. The summed E-state index contributed by atoms with van der Waals surface area (Å²) < 4.78 is 58.9. The van der Waals surface area contributed by atoms with Crippen molar-refractivity contribution >= 4 is 29.3 Å². The quantitative estimate of drug-likeness (QED) is 0.269. The smallest absolute Gasteiger partial charge is 0.337 e. The number of halogens is 4. The monoisotopic (exact) mass is 403 g/mol. The molecular weight excluding hydrogens is 390 g/mol. The highest BCUT2D eigenvalue weighted by molar-refractivity contribution is 6.01. The van der Waals surface area contributed by atoms with Crippen molar-refractivity contribution in [2.75, 3.05) is 0 Å². The predicted octanol–water partition coefficient (Wildman–Crippen LogP) is 5.10. The van der Waals surface area contributed by atoms with Crippen molar-refractivity contribution in [1.29, 1.82) is 0 Å². The van der Waals surface area contributed by atoms with E-state index < -0.39 is 46.2 Å². The van der Waals surface area contributed by atoms with E-state index in [-0.39, 0.29) is 22.2 Å². The van der Waals surface area contributed by atoms with Crippen molar-refractivity contribution in [2.24, 2.45) is 4.99 Å². The van der Waals surface area contributed by atoms with Crippen molar-refractivity contribution < 1.29 is 27.5 Å². The number of carbonyl (C=O) groups is 1. The molecule has 0 aliphatic carbocycles. The second-order valence-electron chi connectivity index (χ2n) is 5.87. The number of aliphatic imine (C=N–C) groups is 1. The number of fused-ring (bicyclic) bond motifs is 1. The molecule has 0 radical (unpaired) electrons. The summed E-state index contributed by atoms with van der Waals surface area (Å²) in [6.07, 6.45) is 3.59. The molecule has 0 fully saturated rings. The topological polar surface area (TPSA) is 78.3 Å². The minimum Gasteiger partial charge on any atom is -0.478 e. The number of allylic oxidation sites excluding steroid dienone is 3. The summed E-state index contributed by atoms with van der Waals surface area (Å²) in [5.74, 6) is -8.54. The van der Waals surface area contributed by atoms with Crippen LogP contribution in [-0.2, 0) is 0 Å². The van der Waals surface area contributed by atoms with Crippen molar-refractivity contribution in [3.8, 4) is 11.4 Å². The summed E-state index contributed by atoms with van der Waals surface area (Å²) in [6, 6.07) is 4.04. The SMILES string of the molecule is C=N/C=C(\C=C/C)c1c(F)c(F)c(-c2nc3c(C(=O)O)cccc3[nH]2)c(F)c1F. The van der Waals surface area contributed by atoms with Crippen LogP contribution in [0.15, 0.2) is 41.5 Å². The average molecular weight is 403 g/mol. The van der Waals surface area contributed by atoms with Gasteiger partial charge in [0, 0.05) is 11.8 Å². The van der Waals surface area contributed by atoms with E-state index in [1.54, 1.807) is 6.92 Å². The first-order valence-corrected chi connectivity index (χ1v) is 8.19. The van der Waals surface area contributed by atoms with Crippen LogP contribution in [0.4, 0.5) is 17.6 Å². The molecule has 0 saturated carbocycles. The van der Waals surface area contributed by atoms with Crippen LogP contribution in [0.3, 0.4) is 0 Å². The number of imidazole rings is 1. The summed E-state index contributed by atoms with van der Waals surface area (Å²) in [7, 11) is 0. The van der Waals surface area contributed by atoms with E-state index in [1.807, 2.05) is 0 Å². The lowest BCUT2D eigenvalue weighted by Gasteiger charge is -2.11. The van der Waals surface area contributed by atoms with Crippen molar-refractivity contribution in [2.45, 2.75) is 6.92 Å². The van der Waals surface area contributed by atoms with Crippen LogP contribution in [0.1, 0.15) is 22.8 Å². The Balaban J connectivity index is 2.32. The number of benzene rings is 2. The number of para-hydroxylation sites is 1. The van der Waals surface area contributed by atoms with E-state index in [1.165, 1.54) is 30.4 Å². The molecule has 2 N–H and O–H groups in total. The molecule has 3 rings (SSSR count). The third-order valence-corrected chi connectivity index (χ3v) is 4.11. The van der Waals surface area contributed by atoms with Crippen molar-refractivity contribution in [3.63, 3.8) is 0 Å². The molecule has 0 bridgehead atoms. The fraction of sp³-hybridized carbons (Fsp3) is 0.0500. The van der Waals surface area contributed by atoms with Gasteiger partial charge in [0.1, 0.15) is 11.3 Å². The molecule has 0 aliphatic rings. The number of hydrogen-bond donors (Lipinski definition) is 2. The van der Waals surface area contributed by atoms with E-state index in [9.17, 15) is 27.5 Å². The molecule has 0 spiro atoms. The zero-order valence-electron chi connectivity index (χ0n) is 14.9. The number of carboxylic acids is 1. The molecule has 148 valence electrons. The van der Waals surface area contributed by atoms with Gasteiger partial charge in [0.15, 0.2) is 23.3 Å². The van der Waals surface area contributed by atoms with Gasteiger partial charge in [0.25, 0.3) is 0 Å². The average Bonchev–Trinajstić information content (AvgIpc) is 3.10. The lowest BCUT2D eigenvalue weighted by molar-refractivity contribution is 0.0699. The molecule has 9 heteroatoms. The lowest BCUT2D eigenvalue weighted by atomic mass is 10.0. The van der Waals surface area contributed by atoms with Gasteiger partial charge in [-0.25, -0.2) is 27.3 Å². The molecule has 5 nitrogen and oxygen atoms in total. The summed E-state index contributed by atoms with van der Waals surface area (Å²) >= 11 is 0. The van der Waals surface area contributed by atoms with Gasteiger partial charge in [-0.1, -0.05) is 18.2 Å². The molecule has 0 atom stereocenters. The van der Waals surface area contributed by atoms with Crippen LogP contribution in [-0.4, -0.2) is 27.8 Å². The normalized spacial score (nSPS) is 12.1. The maximum absolute atomic E-state index is 14.8. The van der Waals surface area contributed by atoms with Gasteiger partial charge in [-0.2, -0.15) is 0 Å². The summed E-state index contributed by atoms with van der Waals surface area (Å²) in [5.41, 5.74) is -2.46. The third-order valence-electron chi connectivity index (χ3n) is 4.11. The molecule has 2 aromatic carbocycles. The minimum atomic E-state index is -1.69. The number of rotatable bonds is 5. The Bertz CT molecular complexity index is 1180. The Labute approximate surface area is 161 Å². The van der Waals surface area contributed by atoms with E-state index in [4.69, 9.17) is 0 Å². The molecule has 0 unspecified atom stereocenters. The van der Waals surface area contributed by atoms with Gasteiger partial charge in [0.05, 0.1) is 22.2 Å². The zero-order valence-corrected chi connectivity index (χ0v) is 14.9. The number of carboxylic acid groups (broad SMARTS) is 1. The maximum atomic E-state index is 14.8. The Kier molecular flexibility index (Phi) is 5.31. The van der Waals surface area contributed by atoms with Crippen LogP contribution in [0.5, 0.6) is 0 Å². The number of nitrogens with zero attached hydrogens (tertiary/aromatic N) is 2. The van der Waals surface area contributed by atoms with Gasteiger partial charge in [-0.05, 0) is 25.8 Å². The Morgan fingerprint density at radius 2 is 1.83 bits per heavy atom. The highest BCUT2D eigenvalue weighted by Gasteiger charge is 2.29. The summed E-state index contributed by atoms with van der Waals surface area (Å²) in [6.45, 7) is 4.71. The third kappa shape index (κ3) is 3.31. The number of aromatic nitrogens is 2. The van der Waals surface area contributed by atoms with Crippen LogP contribution in [0, 0.1) is 23.3 Å². The Hall–Kier alpha value is -3.75. The molecule has 1 heterocycles. The van der Waals surface area contributed by atoms with Crippen molar-refractivity contribution in [3.05, 3.63) is 70.9 Å². The molecular formula is C20H13F4N3O2. The van der Waals surface area contributed by atoms with E-state index in [0.29, 0.717) is 0 Å². The standard InChI is InChI=1S/C20H13F4N3O2/c1-3-5-9(8-25-2)12-14(21)16(23)13(17(24)15(12)22)19-26-11-7-4-6-10(20(28)29)18(11)27-19/h3-8H,2H2,1H3,(H,26,27)(H,28,29)/b5-3-,9-8+. The lowest BCUT2D eigenvalue weighted by Crippen LogP contribution is -2.06. The van der Waals surface area contributed by atoms with E-state index in [2.05, 4.69) is 21.7 Å². The molecule has 29 heavy (non-hydrogen) atoms. The first kappa shape index (κ1) is 20.0. The first-order valence-electron chi connectivity index (χ1n) is 8.19. The number of nitrogens with one attached hydrogen (secondary N) is 1. The van der Waals surface area contributed by atoms with Gasteiger partial charge >= 0.3 is 5.97 Å². The second-order valence-corrected chi connectivity index (χ2v) is 5.87. The largest absolute Gasteiger partial charge is 0.478 e. The number of hydrogen-bond acceptors (Lipinski definition) is 3. The summed E-state index contributed by atoms with van der Waals surface area (Å²) in [5, 5.41) is 9.21. The first-order chi connectivity index (χ1) is 13.8. The Morgan fingerprint density at radius 3 is 2.38 bits per heavy atom. The highest BCUT2D eigenvalue weighted by atomic mass is 19.2. The predicted molar refractivity (Wildman–Crippen MR) is 101 cm³/mol. The number of H-pyrrole nitrogens is 1. The zero-order chi connectivity index (χ0) is 21.3. The second kappa shape index (κ2) is 7.70. The van der Waals surface area contributed by atoms with Crippen molar-refractivity contribution in [1.82, 2.24) is 9.97 Å². The van der Waals surface area contributed by atoms with Crippen LogP contribution < -0.4 is 0 Å². The van der Waals surface area contributed by atoms with Gasteiger partial charge < -0.3 is 10.1 Å². The van der Waals surface area contributed by atoms with Crippen LogP contribution >= 0.6 is 0 Å². The van der Waals surface area contributed by atoms with E-state index >= 15 is 0 Å².